The summed E-state index contributed by atoms with van der Waals surface area (Å²) in [4.78, 5) is 11.2. The van der Waals surface area contributed by atoms with Crippen LogP contribution in [0.3, 0.4) is 0 Å². The van der Waals surface area contributed by atoms with Crippen LogP contribution in [-0.4, -0.2) is 15.6 Å². The Morgan fingerprint density at radius 3 is 3.00 bits per heavy atom. The third-order valence-electron chi connectivity index (χ3n) is 2.46. The lowest BCUT2D eigenvalue weighted by Gasteiger charge is -2.10. The summed E-state index contributed by atoms with van der Waals surface area (Å²) in [5.74, 6) is 0.266. The minimum atomic E-state index is 0.266. The molecule has 3 heteroatoms. The Balaban J connectivity index is 2.07. The van der Waals surface area contributed by atoms with Crippen LogP contribution in [0.15, 0.2) is 23.9 Å². The van der Waals surface area contributed by atoms with Gasteiger partial charge in [-0.05, 0) is 25.0 Å². The normalized spacial score (nSPS) is 16.9. The molecule has 1 aromatic heterocycles. The van der Waals surface area contributed by atoms with Crippen molar-refractivity contribution in [3.05, 3.63) is 29.6 Å². The van der Waals surface area contributed by atoms with E-state index in [2.05, 4.69) is 5.10 Å². The molecule has 0 N–H and O–H groups in total. The van der Waals surface area contributed by atoms with Crippen molar-refractivity contribution in [2.45, 2.75) is 25.7 Å². The maximum absolute atomic E-state index is 11.2. The number of nitrogens with zero attached hydrogens (tertiary/aromatic N) is 2. The highest BCUT2D eigenvalue weighted by atomic mass is 16.1. The summed E-state index contributed by atoms with van der Waals surface area (Å²) in [6.07, 6.45) is 7.30. The molecule has 0 aliphatic heterocycles. The number of allylic oxidation sites excluding steroid dienone is 2. The summed E-state index contributed by atoms with van der Waals surface area (Å²) in [7, 11) is 1.91. The van der Waals surface area contributed by atoms with Crippen molar-refractivity contribution in [1.82, 2.24) is 9.78 Å². The molecular weight excluding hydrogens is 176 g/mol. The predicted molar refractivity (Wildman–Crippen MR) is 53.9 cm³/mol. The molecule has 0 aromatic carbocycles. The summed E-state index contributed by atoms with van der Waals surface area (Å²) in [5, 5.41) is 4.29. The lowest BCUT2D eigenvalue weighted by atomic mass is 9.95. The van der Waals surface area contributed by atoms with E-state index >= 15 is 0 Å². The van der Waals surface area contributed by atoms with E-state index in [0.29, 0.717) is 6.42 Å². The Morgan fingerprint density at radius 2 is 2.36 bits per heavy atom. The fraction of sp³-hybridized carbons (Fsp3) is 0.455. The molecule has 3 nitrogen and oxygen atoms in total. The smallest absolute Gasteiger partial charge is 0.155 e. The van der Waals surface area contributed by atoms with Crippen LogP contribution >= 0.6 is 0 Å². The third-order valence-corrected chi connectivity index (χ3v) is 2.46. The highest BCUT2D eigenvalue weighted by Crippen LogP contribution is 2.18. The van der Waals surface area contributed by atoms with Gasteiger partial charge in [-0.15, -0.1) is 0 Å². The molecule has 0 atom stereocenters. The number of aryl methyl sites for hydroxylation is 1. The van der Waals surface area contributed by atoms with Crippen LogP contribution in [0.4, 0.5) is 0 Å². The van der Waals surface area contributed by atoms with Crippen molar-refractivity contribution >= 4 is 5.78 Å². The first kappa shape index (κ1) is 9.19. The molecule has 1 aliphatic carbocycles. The van der Waals surface area contributed by atoms with Gasteiger partial charge in [0.25, 0.3) is 0 Å². The summed E-state index contributed by atoms with van der Waals surface area (Å²) >= 11 is 0. The van der Waals surface area contributed by atoms with Gasteiger partial charge in [0.2, 0.25) is 0 Å². The van der Waals surface area contributed by atoms with Crippen molar-refractivity contribution in [2.75, 3.05) is 0 Å². The zero-order valence-corrected chi connectivity index (χ0v) is 8.36. The zero-order chi connectivity index (χ0) is 9.97. The summed E-state index contributed by atoms with van der Waals surface area (Å²) in [6.45, 7) is 0. The topological polar surface area (TPSA) is 34.9 Å². The molecule has 0 unspecified atom stereocenters. The van der Waals surface area contributed by atoms with Gasteiger partial charge in [-0.2, -0.15) is 5.10 Å². The first-order valence-corrected chi connectivity index (χ1v) is 4.95. The maximum Gasteiger partial charge on any atom is 0.155 e. The molecule has 1 heterocycles. The van der Waals surface area contributed by atoms with Gasteiger partial charge in [0.1, 0.15) is 0 Å². The van der Waals surface area contributed by atoms with Crippen molar-refractivity contribution in [3.8, 4) is 0 Å². The number of ketones is 1. The first-order valence-electron chi connectivity index (χ1n) is 4.95. The van der Waals surface area contributed by atoms with Crippen molar-refractivity contribution in [2.24, 2.45) is 7.05 Å². The van der Waals surface area contributed by atoms with E-state index in [-0.39, 0.29) is 5.78 Å². The van der Waals surface area contributed by atoms with Gasteiger partial charge in [0.15, 0.2) is 5.78 Å². The van der Waals surface area contributed by atoms with Gasteiger partial charge in [-0.25, -0.2) is 0 Å². The lowest BCUT2D eigenvalue weighted by Crippen LogP contribution is -2.05. The van der Waals surface area contributed by atoms with Crippen LogP contribution < -0.4 is 0 Å². The summed E-state index contributed by atoms with van der Waals surface area (Å²) in [5.41, 5.74) is 2.27. The second-order valence-corrected chi connectivity index (χ2v) is 3.78. The van der Waals surface area contributed by atoms with Crippen LogP contribution in [0.2, 0.25) is 0 Å². The van der Waals surface area contributed by atoms with Gasteiger partial charge in [-0.3, -0.25) is 9.48 Å². The molecule has 0 saturated carbocycles. The minimum absolute atomic E-state index is 0.266. The average molecular weight is 190 g/mol. The molecule has 0 amide bonds. The number of hydrogen-bond donors (Lipinski definition) is 0. The fourth-order valence-electron chi connectivity index (χ4n) is 1.79. The number of aromatic nitrogens is 2. The van der Waals surface area contributed by atoms with Crippen LogP contribution in [0.5, 0.6) is 0 Å². The summed E-state index contributed by atoms with van der Waals surface area (Å²) in [6, 6.07) is 2.00. The summed E-state index contributed by atoms with van der Waals surface area (Å²) < 4.78 is 1.79. The molecule has 0 radical (unpaired) electrons. The van der Waals surface area contributed by atoms with Crippen LogP contribution in [0, 0.1) is 0 Å². The van der Waals surface area contributed by atoms with Crippen LogP contribution in [-0.2, 0) is 18.3 Å². The Hall–Kier alpha value is -1.38. The van der Waals surface area contributed by atoms with Crippen LogP contribution in [0.1, 0.15) is 25.0 Å². The quantitative estimate of drug-likeness (QED) is 0.710. The largest absolute Gasteiger partial charge is 0.295 e. The number of carbonyl (C=O) groups is 1. The van der Waals surface area contributed by atoms with E-state index in [1.54, 1.807) is 10.8 Å². The molecule has 0 saturated heterocycles. The predicted octanol–water partition coefficient (Wildman–Crippen LogP) is 1.64. The molecule has 74 valence electrons. The van der Waals surface area contributed by atoms with Crippen LogP contribution in [0.25, 0.3) is 0 Å². The van der Waals surface area contributed by atoms with E-state index in [1.165, 1.54) is 5.57 Å². The van der Waals surface area contributed by atoms with Gasteiger partial charge in [0.05, 0.1) is 5.69 Å². The average Bonchev–Trinajstić information content (AvgIpc) is 2.51. The van der Waals surface area contributed by atoms with E-state index in [4.69, 9.17) is 0 Å². The van der Waals surface area contributed by atoms with E-state index in [9.17, 15) is 4.79 Å². The first-order chi connectivity index (χ1) is 6.74. The molecule has 2 rings (SSSR count). The highest BCUT2D eigenvalue weighted by Gasteiger charge is 2.10. The minimum Gasteiger partial charge on any atom is -0.295 e. The number of hydrogen-bond acceptors (Lipinski definition) is 2. The SMILES string of the molecule is Cn1ccc(CC2=CC(=O)CCC2)n1. The Kier molecular flexibility index (Phi) is 2.48. The van der Waals surface area contributed by atoms with Gasteiger partial charge >= 0.3 is 0 Å². The number of carbonyl (C=O) groups excluding carboxylic acids is 1. The third kappa shape index (κ3) is 2.10. The van der Waals surface area contributed by atoms with Gasteiger partial charge in [0, 0.05) is 26.1 Å². The van der Waals surface area contributed by atoms with Crippen molar-refractivity contribution < 1.29 is 4.79 Å². The molecule has 14 heavy (non-hydrogen) atoms. The molecule has 1 aliphatic rings. The van der Waals surface area contributed by atoms with Crippen molar-refractivity contribution in [3.63, 3.8) is 0 Å². The monoisotopic (exact) mass is 190 g/mol. The molecule has 0 bridgehead atoms. The second kappa shape index (κ2) is 3.78. The Morgan fingerprint density at radius 1 is 1.50 bits per heavy atom. The Labute approximate surface area is 83.4 Å². The molecular formula is C11H14N2O. The van der Waals surface area contributed by atoms with E-state index in [1.807, 2.05) is 19.3 Å². The highest BCUT2D eigenvalue weighted by molar-refractivity contribution is 5.91. The van der Waals surface area contributed by atoms with Gasteiger partial charge < -0.3 is 0 Å². The number of rotatable bonds is 2. The van der Waals surface area contributed by atoms with E-state index in [0.717, 1.165) is 25.0 Å². The Bertz CT molecular complexity index is 376. The zero-order valence-electron chi connectivity index (χ0n) is 8.36. The lowest BCUT2D eigenvalue weighted by molar-refractivity contribution is -0.115. The fourth-order valence-corrected chi connectivity index (χ4v) is 1.79. The van der Waals surface area contributed by atoms with E-state index < -0.39 is 0 Å². The molecule has 0 spiro atoms. The maximum atomic E-state index is 11.2. The second-order valence-electron chi connectivity index (χ2n) is 3.78. The molecule has 1 aromatic rings. The standard InChI is InChI=1S/C11H14N2O/c1-13-6-5-10(12-13)7-9-3-2-4-11(14)8-9/h5-6,8H,2-4,7H2,1H3. The molecule has 0 fully saturated rings. The van der Waals surface area contributed by atoms with Gasteiger partial charge in [-0.1, -0.05) is 5.57 Å². The van der Waals surface area contributed by atoms with Crippen molar-refractivity contribution in [1.29, 1.82) is 0 Å².